The minimum atomic E-state index is -1.32. The van der Waals surface area contributed by atoms with Crippen molar-refractivity contribution in [2.45, 2.75) is 72.0 Å². The molecule has 0 spiro atoms. The zero-order valence-electron chi connectivity index (χ0n) is 12.4. The van der Waals surface area contributed by atoms with Gasteiger partial charge in [0.25, 0.3) is 0 Å². The summed E-state index contributed by atoms with van der Waals surface area (Å²) in [5.74, 6) is -0.329. The van der Waals surface area contributed by atoms with E-state index in [-0.39, 0.29) is 23.7 Å². The summed E-state index contributed by atoms with van der Waals surface area (Å²) in [6.07, 6.45) is 2.27. The van der Waals surface area contributed by atoms with E-state index < -0.39 is 12.1 Å². The summed E-state index contributed by atoms with van der Waals surface area (Å²) in [5, 5.41) is 9.56. The van der Waals surface area contributed by atoms with Gasteiger partial charge in [-0.1, -0.05) is 20.8 Å². The van der Waals surface area contributed by atoms with Crippen molar-refractivity contribution in [3.63, 3.8) is 0 Å². The Labute approximate surface area is 115 Å². The van der Waals surface area contributed by atoms with Gasteiger partial charge in [0, 0.05) is 6.42 Å². The predicted molar refractivity (Wildman–Crippen MR) is 72.6 cm³/mol. The van der Waals surface area contributed by atoms with Crippen LogP contribution in [0.15, 0.2) is 0 Å². The van der Waals surface area contributed by atoms with Crippen LogP contribution >= 0.6 is 0 Å². The van der Waals surface area contributed by atoms with E-state index in [0.29, 0.717) is 5.92 Å². The minimum absolute atomic E-state index is 0.129. The monoisotopic (exact) mass is 270 g/mol. The number of carbonyl (C=O) groups is 2. The highest BCUT2D eigenvalue weighted by Gasteiger charge is 2.37. The van der Waals surface area contributed by atoms with E-state index in [0.717, 1.165) is 25.7 Å². The van der Waals surface area contributed by atoms with Crippen LogP contribution in [0.3, 0.4) is 0 Å². The van der Waals surface area contributed by atoms with Crippen LogP contribution in [0.4, 0.5) is 0 Å². The molecule has 0 radical (unpaired) electrons. The number of rotatable bonds is 5. The van der Waals surface area contributed by atoms with E-state index >= 15 is 0 Å². The van der Waals surface area contributed by atoms with Gasteiger partial charge in [-0.3, -0.25) is 4.79 Å². The van der Waals surface area contributed by atoms with Crippen molar-refractivity contribution >= 4 is 11.8 Å². The van der Waals surface area contributed by atoms with E-state index in [1.54, 1.807) is 0 Å². The van der Waals surface area contributed by atoms with Gasteiger partial charge in [-0.25, -0.2) is 4.79 Å². The maximum Gasteiger partial charge on any atom is 0.335 e. The number of hydrogen-bond donors (Lipinski definition) is 1. The second-order valence-electron chi connectivity index (χ2n) is 6.39. The lowest BCUT2D eigenvalue weighted by molar-refractivity contribution is -0.164. The van der Waals surface area contributed by atoms with Gasteiger partial charge < -0.3 is 9.84 Å². The number of hydrogen-bond acceptors (Lipinski definition) is 4. The van der Waals surface area contributed by atoms with Crippen LogP contribution in [-0.4, -0.2) is 29.1 Å². The fourth-order valence-corrected chi connectivity index (χ4v) is 2.68. The maximum atomic E-state index is 11.7. The standard InChI is InChI=1S/C15H26O4/c1-10(2)15(4)7-5-6-12(9-15)19-14(18)13(17)8-11(3)16/h10,12-13,17H,5-9H2,1-4H3. The summed E-state index contributed by atoms with van der Waals surface area (Å²) in [6.45, 7) is 7.96. The van der Waals surface area contributed by atoms with Crippen molar-refractivity contribution in [3.05, 3.63) is 0 Å². The number of ether oxygens (including phenoxy) is 1. The zero-order chi connectivity index (χ0) is 14.6. The fourth-order valence-electron chi connectivity index (χ4n) is 2.68. The smallest absolute Gasteiger partial charge is 0.335 e. The van der Waals surface area contributed by atoms with E-state index in [4.69, 9.17) is 4.74 Å². The molecule has 3 atom stereocenters. The van der Waals surface area contributed by atoms with Crippen molar-refractivity contribution in [2.24, 2.45) is 11.3 Å². The molecule has 110 valence electrons. The molecular formula is C15H26O4. The number of aliphatic hydroxyl groups is 1. The van der Waals surface area contributed by atoms with Crippen LogP contribution in [0.1, 0.15) is 59.8 Å². The van der Waals surface area contributed by atoms with Gasteiger partial charge in [0.2, 0.25) is 0 Å². The average molecular weight is 270 g/mol. The lowest BCUT2D eigenvalue weighted by Gasteiger charge is -2.41. The molecule has 1 aliphatic rings. The Morgan fingerprint density at radius 2 is 2.05 bits per heavy atom. The second-order valence-corrected chi connectivity index (χ2v) is 6.39. The molecule has 1 saturated carbocycles. The third-order valence-corrected chi connectivity index (χ3v) is 4.40. The molecule has 0 saturated heterocycles. The molecule has 1 fully saturated rings. The lowest BCUT2D eigenvalue weighted by Crippen LogP contribution is -2.37. The molecule has 4 nitrogen and oxygen atoms in total. The molecule has 0 bridgehead atoms. The Hall–Kier alpha value is -0.900. The van der Waals surface area contributed by atoms with Gasteiger partial charge in [0.05, 0.1) is 0 Å². The maximum absolute atomic E-state index is 11.7. The van der Waals surface area contributed by atoms with Crippen LogP contribution < -0.4 is 0 Å². The first kappa shape index (κ1) is 16.2. The SMILES string of the molecule is CC(=O)CC(O)C(=O)OC1CCCC(C)(C(C)C)C1. The summed E-state index contributed by atoms with van der Waals surface area (Å²) < 4.78 is 5.36. The average Bonchev–Trinajstić information content (AvgIpc) is 2.27. The van der Waals surface area contributed by atoms with Crippen molar-refractivity contribution < 1.29 is 19.4 Å². The molecule has 0 heterocycles. The Morgan fingerprint density at radius 1 is 1.42 bits per heavy atom. The third-order valence-electron chi connectivity index (χ3n) is 4.40. The summed E-state index contributed by atoms with van der Waals surface area (Å²) >= 11 is 0. The van der Waals surface area contributed by atoms with Crippen LogP contribution in [0.25, 0.3) is 0 Å². The largest absolute Gasteiger partial charge is 0.460 e. The molecule has 4 heteroatoms. The van der Waals surface area contributed by atoms with Crippen LogP contribution in [0.5, 0.6) is 0 Å². The van der Waals surface area contributed by atoms with Gasteiger partial charge in [-0.15, -0.1) is 0 Å². The van der Waals surface area contributed by atoms with E-state index in [2.05, 4.69) is 20.8 Å². The number of carbonyl (C=O) groups excluding carboxylic acids is 2. The van der Waals surface area contributed by atoms with Gasteiger partial charge >= 0.3 is 5.97 Å². The highest BCUT2D eigenvalue weighted by Crippen LogP contribution is 2.42. The molecule has 1 rings (SSSR count). The zero-order valence-corrected chi connectivity index (χ0v) is 12.4. The second kappa shape index (κ2) is 6.51. The number of esters is 1. The van der Waals surface area contributed by atoms with Crippen molar-refractivity contribution in [1.82, 2.24) is 0 Å². The van der Waals surface area contributed by atoms with Gasteiger partial charge in [-0.05, 0) is 43.9 Å². The highest BCUT2D eigenvalue weighted by atomic mass is 16.6. The molecule has 1 N–H and O–H groups in total. The molecule has 1 aliphatic carbocycles. The number of ketones is 1. The molecule has 0 aromatic carbocycles. The lowest BCUT2D eigenvalue weighted by atomic mass is 9.67. The Balaban J connectivity index is 2.53. The molecule has 0 aromatic rings. The first-order valence-corrected chi connectivity index (χ1v) is 7.12. The minimum Gasteiger partial charge on any atom is -0.460 e. The quantitative estimate of drug-likeness (QED) is 0.779. The first-order valence-electron chi connectivity index (χ1n) is 7.12. The van der Waals surface area contributed by atoms with Crippen LogP contribution in [0, 0.1) is 11.3 Å². The molecular weight excluding hydrogens is 244 g/mol. The van der Waals surface area contributed by atoms with Crippen molar-refractivity contribution in [3.8, 4) is 0 Å². The van der Waals surface area contributed by atoms with E-state index in [1.165, 1.54) is 6.92 Å². The molecule has 3 unspecified atom stereocenters. The Bertz CT molecular complexity index is 337. The molecule has 0 aliphatic heterocycles. The highest BCUT2D eigenvalue weighted by molar-refractivity contribution is 5.84. The normalized spacial score (nSPS) is 29.1. The van der Waals surface area contributed by atoms with E-state index in [9.17, 15) is 14.7 Å². The summed E-state index contributed by atoms with van der Waals surface area (Å²) in [6, 6.07) is 0. The Morgan fingerprint density at radius 3 is 2.58 bits per heavy atom. The molecule has 0 aromatic heterocycles. The van der Waals surface area contributed by atoms with Crippen LogP contribution in [-0.2, 0) is 14.3 Å². The van der Waals surface area contributed by atoms with Gasteiger partial charge in [-0.2, -0.15) is 0 Å². The number of Topliss-reactive ketones (excluding diaryl/α,β-unsaturated/α-hetero) is 1. The first-order chi connectivity index (χ1) is 8.74. The topological polar surface area (TPSA) is 63.6 Å². The van der Waals surface area contributed by atoms with Crippen molar-refractivity contribution in [2.75, 3.05) is 0 Å². The fraction of sp³-hybridized carbons (Fsp3) is 0.867. The summed E-state index contributed by atoms with van der Waals surface area (Å²) in [7, 11) is 0. The summed E-state index contributed by atoms with van der Waals surface area (Å²) in [5.41, 5.74) is 0.189. The third kappa shape index (κ3) is 4.60. The summed E-state index contributed by atoms with van der Waals surface area (Å²) in [4.78, 5) is 22.6. The number of aliphatic hydroxyl groups excluding tert-OH is 1. The molecule has 0 amide bonds. The van der Waals surface area contributed by atoms with E-state index in [1.807, 2.05) is 0 Å². The van der Waals surface area contributed by atoms with Gasteiger partial charge in [0.15, 0.2) is 6.10 Å². The Kier molecular flexibility index (Phi) is 5.53. The molecule has 19 heavy (non-hydrogen) atoms. The van der Waals surface area contributed by atoms with Crippen LogP contribution in [0.2, 0.25) is 0 Å². The predicted octanol–water partition coefficient (Wildman–Crippen LogP) is 2.47. The van der Waals surface area contributed by atoms with Gasteiger partial charge in [0.1, 0.15) is 11.9 Å². The van der Waals surface area contributed by atoms with Crippen molar-refractivity contribution in [1.29, 1.82) is 0 Å².